The third kappa shape index (κ3) is 59.7. The van der Waals surface area contributed by atoms with E-state index in [0.29, 0.717) is 31.6 Å². The second-order valence-electron chi connectivity index (χ2n) is 25.9. The SMILES string of the molecule is CCC(C)CCCCCCCCCCCCC(=O)O[C@H](COC(=O)CCCCCCCCCC(C)C)COP(=O)(O)OCC(O)COP(=O)(O)OC[C@@H](COC(=O)CCCCCCCCCCC(C)C)OC(=O)CCCCCCCCCCC(C)C. The molecular weight excluding hydrogens is 1140 g/mol. The lowest BCUT2D eigenvalue weighted by Gasteiger charge is -2.21. The van der Waals surface area contributed by atoms with Gasteiger partial charge in [-0.15, -0.1) is 0 Å². The first-order chi connectivity index (χ1) is 41.1. The van der Waals surface area contributed by atoms with Gasteiger partial charge in [-0.25, -0.2) is 9.13 Å². The van der Waals surface area contributed by atoms with Crippen LogP contribution in [0.5, 0.6) is 0 Å². The highest BCUT2D eigenvalue weighted by molar-refractivity contribution is 7.47. The largest absolute Gasteiger partial charge is 0.472 e. The Balaban J connectivity index is 5.26. The summed E-state index contributed by atoms with van der Waals surface area (Å²) in [5.74, 6) is 0.816. The van der Waals surface area contributed by atoms with Crippen molar-refractivity contribution in [1.82, 2.24) is 0 Å². The molecule has 0 aliphatic rings. The molecule has 0 amide bonds. The second-order valence-corrected chi connectivity index (χ2v) is 28.8. The van der Waals surface area contributed by atoms with Gasteiger partial charge in [-0.2, -0.15) is 0 Å². The Morgan fingerprint density at radius 2 is 0.558 bits per heavy atom. The van der Waals surface area contributed by atoms with Crippen LogP contribution in [0.2, 0.25) is 0 Å². The molecule has 3 N–H and O–H groups in total. The number of rotatable bonds is 64. The number of aliphatic hydroxyl groups excluding tert-OH is 1. The van der Waals surface area contributed by atoms with Crippen LogP contribution >= 0.6 is 15.6 Å². The van der Waals surface area contributed by atoms with E-state index in [0.717, 1.165) is 114 Å². The van der Waals surface area contributed by atoms with Crippen LogP contribution in [0.4, 0.5) is 0 Å². The first kappa shape index (κ1) is 84.1. The number of aliphatic hydroxyl groups is 1. The Labute approximate surface area is 524 Å². The van der Waals surface area contributed by atoms with Crippen LogP contribution in [0.1, 0.15) is 325 Å². The van der Waals surface area contributed by atoms with Crippen molar-refractivity contribution >= 4 is 39.5 Å². The van der Waals surface area contributed by atoms with Crippen LogP contribution in [0.25, 0.3) is 0 Å². The molecule has 510 valence electrons. The summed E-state index contributed by atoms with van der Waals surface area (Å²) < 4.78 is 68.1. The molecule has 17 nitrogen and oxygen atoms in total. The molecule has 4 unspecified atom stereocenters. The van der Waals surface area contributed by atoms with Crippen molar-refractivity contribution < 1.29 is 80.2 Å². The number of phosphoric ester groups is 2. The van der Waals surface area contributed by atoms with Gasteiger partial charge in [0.2, 0.25) is 0 Å². The highest BCUT2D eigenvalue weighted by atomic mass is 31.2. The average Bonchev–Trinajstić information content (AvgIpc) is 3.65. The summed E-state index contributed by atoms with van der Waals surface area (Å²) in [6, 6.07) is 0. The number of hydrogen-bond acceptors (Lipinski definition) is 15. The molecule has 86 heavy (non-hydrogen) atoms. The van der Waals surface area contributed by atoms with Gasteiger partial charge in [-0.3, -0.25) is 37.3 Å². The van der Waals surface area contributed by atoms with Gasteiger partial charge in [-0.1, -0.05) is 274 Å². The lowest BCUT2D eigenvalue weighted by molar-refractivity contribution is -0.161. The minimum atomic E-state index is -4.95. The van der Waals surface area contributed by atoms with Crippen molar-refractivity contribution in [1.29, 1.82) is 0 Å². The van der Waals surface area contributed by atoms with Gasteiger partial charge in [0, 0.05) is 25.7 Å². The van der Waals surface area contributed by atoms with Gasteiger partial charge in [0.1, 0.15) is 19.3 Å². The quantitative estimate of drug-likeness (QED) is 0.0222. The fourth-order valence-corrected chi connectivity index (χ4v) is 11.5. The molecule has 0 fully saturated rings. The molecule has 0 radical (unpaired) electrons. The molecule has 0 rings (SSSR count). The van der Waals surface area contributed by atoms with Crippen LogP contribution in [0.3, 0.4) is 0 Å². The van der Waals surface area contributed by atoms with E-state index in [2.05, 4.69) is 55.4 Å². The number of unbranched alkanes of at least 4 members (excludes halogenated alkanes) is 29. The molecule has 19 heteroatoms. The average molecular weight is 1270 g/mol. The lowest BCUT2D eigenvalue weighted by Crippen LogP contribution is -2.30. The Hall–Kier alpha value is -1.94. The number of hydrogen-bond donors (Lipinski definition) is 3. The molecule has 0 bridgehead atoms. The van der Waals surface area contributed by atoms with Crippen LogP contribution in [0.15, 0.2) is 0 Å². The van der Waals surface area contributed by atoms with E-state index in [-0.39, 0.29) is 25.7 Å². The third-order valence-electron chi connectivity index (χ3n) is 15.7. The van der Waals surface area contributed by atoms with Crippen molar-refractivity contribution in [2.75, 3.05) is 39.6 Å². The molecule has 0 spiro atoms. The van der Waals surface area contributed by atoms with Crippen molar-refractivity contribution in [3.05, 3.63) is 0 Å². The number of carbonyl (C=O) groups excluding carboxylic acids is 4. The van der Waals surface area contributed by atoms with E-state index in [1.165, 1.54) is 122 Å². The van der Waals surface area contributed by atoms with Gasteiger partial charge in [0.25, 0.3) is 0 Å². The fraction of sp³-hybridized carbons (Fsp3) is 0.940. The predicted molar refractivity (Wildman–Crippen MR) is 344 cm³/mol. The molecule has 0 aromatic heterocycles. The Bertz CT molecular complexity index is 1720. The molecule has 0 aliphatic carbocycles. The summed E-state index contributed by atoms with van der Waals surface area (Å²) in [4.78, 5) is 72.4. The maximum Gasteiger partial charge on any atom is 0.472 e. The predicted octanol–water partition coefficient (Wildman–Crippen LogP) is 18.5. The molecule has 0 heterocycles. The minimum absolute atomic E-state index is 0.103. The van der Waals surface area contributed by atoms with E-state index < -0.39 is 97.5 Å². The summed E-state index contributed by atoms with van der Waals surface area (Å²) in [5.41, 5.74) is 0. The Morgan fingerprint density at radius 1 is 0.326 bits per heavy atom. The first-order valence-electron chi connectivity index (χ1n) is 34.7. The van der Waals surface area contributed by atoms with Gasteiger partial charge >= 0.3 is 39.5 Å². The lowest BCUT2D eigenvalue weighted by atomic mass is 9.99. The van der Waals surface area contributed by atoms with Crippen molar-refractivity contribution in [2.45, 2.75) is 343 Å². The maximum atomic E-state index is 13.0. The smallest absolute Gasteiger partial charge is 0.462 e. The van der Waals surface area contributed by atoms with Gasteiger partial charge in [-0.05, 0) is 49.4 Å². The first-order valence-corrected chi connectivity index (χ1v) is 37.7. The van der Waals surface area contributed by atoms with E-state index in [1.54, 1.807) is 0 Å². The van der Waals surface area contributed by atoms with Gasteiger partial charge in [0.15, 0.2) is 12.2 Å². The summed E-state index contributed by atoms with van der Waals surface area (Å²) >= 11 is 0. The molecule has 6 atom stereocenters. The monoisotopic (exact) mass is 1270 g/mol. The van der Waals surface area contributed by atoms with Crippen LogP contribution in [0, 0.1) is 23.7 Å². The molecule has 0 aliphatic heterocycles. The fourth-order valence-electron chi connectivity index (χ4n) is 9.93. The van der Waals surface area contributed by atoms with Crippen molar-refractivity contribution in [3.63, 3.8) is 0 Å². The molecule has 0 saturated heterocycles. The molecule has 0 aromatic rings. The normalized spacial score (nSPS) is 14.7. The third-order valence-corrected chi connectivity index (χ3v) is 17.6. The van der Waals surface area contributed by atoms with Crippen LogP contribution in [-0.4, -0.2) is 96.7 Å². The van der Waals surface area contributed by atoms with Crippen LogP contribution in [-0.2, 0) is 65.4 Å². The number of ether oxygens (including phenoxy) is 4. The van der Waals surface area contributed by atoms with Crippen molar-refractivity contribution in [3.8, 4) is 0 Å². The number of esters is 4. The van der Waals surface area contributed by atoms with E-state index in [4.69, 9.17) is 37.0 Å². The number of carbonyl (C=O) groups is 4. The van der Waals surface area contributed by atoms with Crippen molar-refractivity contribution in [2.24, 2.45) is 23.7 Å². The molecular formula is C67H130O17P2. The second kappa shape index (κ2) is 57.0. The van der Waals surface area contributed by atoms with Gasteiger partial charge in [0.05, 0.1) is 26.4 Å². The number of phosphoric acid groups is 2. The highest BCUT2D eigenvalue weighted by Gasteiger charge is 2.30. The minimum Gasteiger partial charge on any atom is -0.462 e. The zero-order valence-electron chi connectivity index (χ0n) is 55.9. The summed E-state index contributed by atoms with van der Waals surface area (Å²) in [5, 5.41) is 10.6. The van der Waals surface area contributed by atoms with Gasteiger partial charge < -0.3 is 33.8 Å². The standard InChI is InChI=1S/C67H130O17P2/c1-9-60(8)46-38-30-22-12-10-11-13-24-33-41-49-66(71)83-63(54-78-65(70)48-40-32-26-18-21-29-37-45-59(6)7)56-82-86(75,76)80-52-61(68)51-79-85(73,74)81-55-62(84-67(72)50-42-34-25-17-15-20-28-36-44-58(4)5)53-77-64(69)47-39-31-23-16-14-19-27-35-43-57(2)3/h57-63,68H,9-56H2,1-8H3,(H,73,74)(H,75,76)/t60?,61?,62-,63-/m1/s1. The summed E-state index contributed by atoms with van der Waals surface area (Å²) in [6.45, 7) is 14.0. The van der Waals surface area contributed by atoms with Crippen LogP contribution < -0.4 is 0 Å². The maximum absolute atomic E-state index is 13.0. The molecule has 0 aromatic carbocycles. The molecule has 0 saturated carbocycles. The summed E-state index contributed by atoms with van der Waals surface area (Å²) in [7, 11) is -9.90. The topological polar surface area (TPSA) is 237 Å². The zero-order valence-corrected chi connectivity index (χ0v) is 57.7. The van der Waals surface area contributed by atoms with E-state index in [1.807, 2.05) is 0 Å². The van der Waals surface area contributed by atoms with E-state index in [9.17, 15) is 43.2 Å². The highest BCUT2D eigenvalue weighted by Crippen LogP contribution is 2.45. The Kier molecular flexibility index (Phi) is 55.7. The zero-order chi connectivity index (χ0) is 63.9. The Morgan fingerprint density at radius 3 is 0.826 bits per heavy atom. The summed E-state index contributed by atoms with van der Waals surface area (Å²) in [6.07, 6.45) is 37.6. The van der Waals surface area contributed by atoms with E-state index >= 15 is 0 Å².